The smallest absolute Gasteiger partial charge is 0.294 e. The monoisotopic (exact) mass is 150 g/mol. The molecule has 0 radical (unpaired) electrons. The molecule has 9 heavy (non-hydrogen) atoms. The molecule has 0 saturated heterocycles. The Morgan fingerprint density at radius 1 is 1.56 bits per heavy atom. The SMILES string of the molecule is COP(=O)(N=C=N)OC. The fraction of sp³-hybridized carbons (Fsp3) is 0.667. The molecule has 0 bridgehead atoms. The largest absolute Gasteiger partial charge is 0.462 e. The minimum atomic E-state index is -3.35. The summed E-state index contributed by atoms with van der Waals surface area (Å²) in [5.41, 5.74) is 0. The van der Waals surface area contributed by atoms with Gasteiger partial charge in [0.05, 0.1) is 6.01 Å². The summed E-state index contributed by atoms with van der Waals surface area (Å²) in [6, 6.07) is 1.57. The Morgan fingerprint density at radius 3 is 2.11 bits per heavy atom. The normalized spacial score (nSPS) is 10.4. The third-order valence-electron chi connectivity index (χ3n) is 0.634. The van der Waals surface area contributed by atoms with Crippen molar-refractivity contribution < 1.29 is 13.6 Å². The molecule has 1 N–H and O–H groups in total. The van der Waals surface area contributed by atoms with Gasteiger partial charge in [0.2, 0.25) is 0 Å². The molecule has 52 valence electrons. The lowest BCUT2D eigenvalue weighted by Crippen LogP contribution is -1.82. The van der Waals surface area contributed by atoms with Crippen LogP contribution in [-0.2, 0) is 13.6 Å². The molecule has 0 amide bonds. The number of rotatable bonds is 3. The van der Waals surface area contributed by atoms with Gasteiger partial charge < -0.3 is 0 Å². The number of nitrogens with zero attached hydrogens (tertiary/aromatic N) is 1. The van der Waals surface area contributed by atoms with Gasteiger partial charge in [-0.15, -0.1) is 4.76 Å². The standard InChI is InChI=1S/C3H7N2O3P/c1-7-9(6,8-2)5-3-4/h4H,1-2H3. The van der Waals surface area contributed by atoms with Crippen molar-refractivity contribution in [2.45, 2.75) is 0 Å². The molecule has 0 aromatic rings. The Kier molecular flexibility index (Phi) is 3.35. The maximum atomic E-state index is 10.8. The van der Waals surface area contributed by atoms with E-state index in [1.54, 1.807) is 6.01 Å². The molecule has 0 atom stereocenters. The predicted molar refractivity (Wildman–Crippen MR) is 31.8 cm³/mol. The molecular weight excluding hydrogens is 143 g/mol. The van der Waals surface area contributed by atoms with E-state index in [0.717, 1.165) is 0 Å². The first-order valence-corrected chi connectivity index (χ1v) is 3.53. The third-order valence-corrected chi connectivity index (χ3v) is 1.90. The van der Waals surface area contributed by atoms with Crippen LogP contribution in [0.5, 0.6) is 0 Å². The number of hydrogen-bond acceptors (Lipinski definition) is 4. The minimum absolute atomic E-state index is 1.19. The zero-order valence-electron chi connectivity index (χ0n) is 5.12. The van der Waals surface area contributed by atoms with Gasteiger partial charge in [0.25, 0.3) is 0 Å². The van der Waals surface area contributed by atoms with E-state index >= 15 is 0 Å². The average Bonchev–Trinajstić information content (AvgIpc) is 1.89. The second kappa shape index (κ2) is 3.54. The van der Waals surface area contributed by atoms with E-state index in [-0.39, 0.29) is 0 Å². The van der Waals surface area contributed by atoms with Crippen LogP contribution in [0.3, 0.4) is 0 Å². The first kappa shape index (κ1) is 8.53. The lowest BCUT2D eigenvalue weighted by molar-refractivity contribution is 0.277. The van der Waals surface area contributed by atoms with Crippen LogP contribution >= 0.6 is 7.75 Å². The first-order valence-electron chi connectivity index (χ1n) is 2.04. The minimum Gasteiger partial charge on any atom is -0.294 e. The van der Waals surface area contributed by atoms with Crippen molar-refractivity contribution in [3.63, 3.8) is 0 Å². The van der Waals surface area contributed by atoms with E-state index in [1.807, 2.05) is 0 Å². The van der Waals surface area contributed by atoms with Gasteiger partial charge in [-0.2, -0.15) is 0 Å². The highest BCUT2D eigenvalue weighted by atomic mass is 31.2. The van der Waals surface area contributed by atoms with Crippen molar-refractivity contribution in [3.05, 3.63) is 0 Å². The quantitative estimate of drug-likeness (QED) is 0.484. The van der Waals surface area contributed by atoms with Gasteiger partial charge in [0, 0.05) is 14.2 Å². The summed E-state index contributed by atoms with van der Waals surface area (Å²) in [6.45, 7) is 0. The first-order chi connectivity index (χ1) is 4.18. The molecule has 0 aliphatic rings. The summed E-state index contributed by atoms with van der Waals surface area (Å²) in [7, 11) is -0.983. The van der Waals surface area contributed by atoms with E-state index in [4.69, 9.17) is 5.41 Å². The van der Waals surface area contributed by atoms with Gasteiger partial charge in [-0.05, 0) is 0 Å². The molecule has 5 nitrogen and oxygen atoms in total. The molecular formula is C3H7N2O3P. The van der Waals surface area contributed by atoms with Crippen molar-refractivity contribution in [1.29, 1.82) is 5.41 Å². The van der Waals surface area contributed by atoms with Crippen molar-refractivity contribution in [2.24, 2.45) is 4.76 Å². The molecule has 0 heterocycles. The van der Waals surface area contributed by atoms with Gasteiger partial charge in [-0.1, -0.05) is 0 Å². The Balaban J connectivity index is 4.28. The second-order valence-corrected chi connectivity index (χ2v) is 2.91. The number of nitrogens with one attached hydrogen (secondary N) is 1. The highest BCUT2D eigenvalue weighted by Gasteiger charge is 2.17. The molecule has 0 aromatic carbocycles. The lowest BCUT2D eigenvalue weighted by atomic mass is 11.6. The van der Waals surface area contributed by atoms with E-state index in [0.29, 0.717) is 0 Å². The van der Waals surface area contributed by atoms with E-state index in [2.05, 4.69) is 13.8 Å². The van der Waals surface area contributed by atoms with Crippen LogP contribution in [0.2, 0.25) is 0 Å². The van der Waals surface area contributed by atoms with Crippen LogP contribution in [0.25, 0.3) is 0 Å². The Hall–Kier alpha value is -0.470. The maximum Gasteiger partial charge on any atom is 0.462 e. The van der Waals surface area contributed by atoms with Gasteiger partial charge >= 0.3 is 7.75 Å². The van der Waals surface area contributed by atoms with Crippen LogP contribution in [0.4, 0.5) is 0 Å². The second-order valence-electron chi connectivity index (χ2n) is 1.05. The molecule has 0 saturated carbocycles. The van der Waals surface area contributed by atoms with E-state index < -0.39 is 7.75 Å². The van der Waals surface area contributed by atoms with Crippen molar-refractivity contribution in [3.8, 4) is 0 Å². The average molecular weight is 150 g/mol. The summed E-state index contributed by atoms with van der Waals surface area (Å²) in [5.74, 6) is 0. The van der Waals surface area contributed by atoms with Crippen molar-refractivity contribution in [2.75, 3.05) is 14.2 Å². The molecule has 0 aliphatic heterocycles. The molecule has 6 heteroatoms. The van der Waals surface area contributed by atoms with Crippen LogP contribution in [-0.4, -0.2) is 20.2 Å². The fourth-order valence-corrected chi connectivity index (χ4v) is 0.652. The Morgan fingerprint density at radius 2 is 2.00 bits per heavy atom. The zero-order chi connectivity index (χ0) is 7.33. The van der Waals surface area contributed by atoms with Gasteiger partial charge in [-0.25, -0.2) is 9.97 Å². The van der Waals surface area contributed by atoms with Crippen molar-refractivity contribution in [1.82, 2.24) is 0 Å². The zero-order valence-corrected chi connectivity index (χ0v) is 6.01. The van der Waals surface area contributed by atoms with Crippen LogP contribution in [0, 0.1) is 5.41 Å². The lowest BCUT2D eigenvalue weighted by Gasteiger charge is -2.02. The molecule has 0 spiro atoms. The molecule has 0 aromatic heterocycles. The Labute approximate surface area is 52.8 Å². The highest BCUT2D eigenvalue weighted by Crippen LogP contribution is 2.47. The third kappa shape index (κ3) is 2.54. The number of hydrogen-bond donors (Lipinski definition) is 1. The molecule has 0 fully saturated rings. The molecule has 0 rings (SSSR count). The Bertz CT molecular complexity index is 166. The van der Waals surface area contributed by atoms with E-state index in [1.165, 1.54) is 14.2 Å². The van der Waals surface area contributed by atoms with Gasteiger partial charge in [-0.3, -0.25) is 9.05 Å². The van der Waals surface area contributed by atoms with Crippen LogP contribution in [0.1, 0.15) is 0 Å². The summed E-state index contributed by atoms with van der Waals surface area (Å²) in [5, 5.41) is 6.32. The van der Waals surface area contributed by atoms with Crippen LogP contribution < -0.4 is 0 Å². The highest BCUT2D eigenvalue weighted by molar-refractivity contribution is 7.52. The van der Waals surface area contributed by atoms with Gasteiger partial charge in [0.15, 0.2) is 0 Å². The summed E-state index contributed by atoms with van der Waals surface area (Å²) in [6.07, 6.45) is 0. The molecule has 0 aliphatic carbocycles. The van der Waals surface area contributed by atoms with Gasteiger partial charge in [0.1, 0.15) is 0 Å². The van der Waals surface area contributed by atoms with E-state index in [9.17, 15) is 4.57 Å². The fourth-order valence-electron chi connectivity index (χ4n) is 0.217. The predicted octanol–water partition coefficient (Wildman–Crippen LogP) is 1.14. The maximum absolute atomic E-state index is 10.8. The van der Waals surface area contributed by atoms with Crippen LogP contribution in [0.15, 0.2) is 4.76 Å². The summed E-state index contributed by atoms with van der Waals surface area (Å²) in [4.78, 5) is 0. The van der Waals surface area contributed by atoms with Crippen molar-refractivity contribution >= 4 is 13.8 Å². The topological polar surface area (TPSA) is 71.7 Å². The summed E-state index contributed by atoms with van der Waals surface area (Å²) < 4.78 is 22.4. The molecule has 0 unspecified atom stereocenters. The summed E-state index contributed by atoms with van der Waals surface area (Å²) >= 11 is 0.